The van der Waals surface area contributed by atoms with E-state index in [0.29, 0.717) is 30.1 Å². The highest BCUT2D eigenvalue weighted by atomic mass is 35.5. The second kappa shape index (κ2) is 4.60. The highest BCUT2D eigenvalue weighted by molar-refractivity contribution is 6.31. The van der Waals surface area contributed by atoms with E-state index in [4.69, 9.17) is 23.2 Å². The third kappa shape index (κ3) is 2.47. The maximum absolute atomic E-state index is 13.0. The molecule has 16 heavy (non-hydrogen) atoms. The largest absolute Gasteiger partial charge is 0.337 e. The number of amides is 1. The number of halogens is 3. The molecule has 0 aliphatic carbocycles. The van der Waals surface area contributed by atoms with E-state index in [1.165, 1.54) is 18.2 Å². The quantitative estimate of drug-likeness (QED) is 0.750. The van der Waals surface area contributed by atoms with Gasteiger partial charge in [0, 0.05) is 24.5 Å². The van der Waals surface area contributed by atoms with Gasteiger partial charge in [0.2, 0.25) is 5.91 Å². The first-order chi connectivity index (χ1) is 7.56. The van der Waals surface area contributed by atoms with Crippen molar-refractivity contribution >= 4 is 29.1 Å². The second-order valence-electron chi connectivity index (χ2n) is 3.81. The van der Waals surface area contributed by atoms with Crippen LogP contribution < -0.4 is 0 Å². The Bertz CT molecular complexity index is 424. The van der Waals surface area contributed by atoms with Gasteiger partial charge in [-0.25, -0.2) is 4.39 Å². The average molecular weight is 262 g/mol. The molecule has 1 atom stereocenters. The minimum Gasteiger partial charge on any atom is -0.337 e. The third-order valence-corrected chi connectivity index (χ3v) is 3.20. The number of hydrogen-bond donors (Lipinski definition) is 0. The number of alkyl halides is 1. The molecule has 1 heterocycles. The van der Waals surface area contributed by atoms with Crippen molar-refractivity contribution in [3.05, 3.63) is 34.6 Å². The molecular formula is C11H10Cl2FNO. The summed E-state index contributed by atoms with van der Waals surface area (Å²) in [6.45, 7) is 0.811. The zero-order valence-electron chi connectivity index (χ0n) is 8.42. The van der Waals surface area contributed by atoms with Crippen LogP contribution in [0.5, 0.6) is 0 Å². The Morgan fingerprint density at radius 3 is 2.88 bits per heavy atom. The first-order valence-electron chi connectivity index (χ1n) is 4.92. The fourth-order valence-corrected chi connectivity index (χ4v) is 2.22. The highest BCUT2D eigenvalue weighted by Gasteiger charge is 2.28. The summed E-state index contributed by atoms with van der Waals surface area (Å²) in [6.07, 6.45) is 0.342. The average Bonchev–Trinajstić information content (AvgIpc) is 2.51. The van der Waals surface area contributed by atoms with Gasteiger partial charge >= 0.3 is 0 Å². The first kappa shape index (κ1) is 11.7. The molecule has 0 aromatic heterocycles. The fourth-order valence-electron chi connectivity index (χ4n) is 1.75. The van der Waals surface area contributed by atoms with Crippen LogP contribution >= 0.6 is 23.2 Å². The van der Waals surface area contributed by atoms with Gasteiger partial charge in [-0.3, -0.25) is 4.79 Å². The molecule has 1 aromatic rings. The van der Waals surface area contributed by atoms with Gasteiger partial charge in [-0.2, -0.15) is 0 Å². The van der Waals surface area contributed by atoms with Crippen LogP contribution in [0.4, 0.5) is 4.39 Å². The van der Waals surface area contributed by atoms with Gasteiger partial charge < -0.3 is 4.90 Å². The Hall–Kier alpha value is -0.800. The normalized spacial score (nSPS) is 20.6. The molecule has 2 nitrogen and oxygen atoms in total. The molecule has 1 amide bonds. The minimum atomic E-state index is -0.353. The second-order valence-corrected chi connectivity index (χ2v) is 4.84. The lowest BCUT2D eigenvalue weighted by Gasteiger charge is -2.16. The molecule has 1 unspecified atom stereocenters. The van der Waals surface area contributed by atoms with Crippen molar-refractivity contribution < 1.29 is 9.18 Å². The van der Waals surface area contributed by atoms with Gasteiger partial charge in [-0.15, -0.1) is 11.6 Å². The monoisotopic (exact) mass is 261 g/mol. The van der Waals surface area contributed by atoms with E-state index in [1.54, 1.807) is 4.90 Å². The maximum Gasteiger partial charge on any atom is 0.224 e. The molecule has 1 aliphatic heterocycles. The molecule has 0 bridgehead atoms. The Balaban J connectivity index is 2.15. The molecule has 1 aliphatic rings. The topological polar surface area (TPSA) is 20.3 Å². The Morgan fingerprint density at radius 1 is 1.50 bits per heavy atom. The van der Waals surface area contributed by atoms with Crippen LogP contribution in [-0.4, -0.2) is 22.7 Å². The molecule has 86 valence electrons. The lowest BCUT2D eigenvalue weighted by Crippen LogP contribution is -2.24. The van der Waals surface area contributed by atoms with E-state index < -0.39 is 0 Å². The van der Waals surface area contributed by atoms with Gasteiger partial charge in [-0.1, -0.05) is 11.6 Å². The molecule has 0 radical (unpaired) electrons. The zero-order valence-corrected chi connectivity index (χ0v) is 9.93. The highest BCUT2D eigenvalue weighted by Crippen LogP contribution is 2.23. The van der Waals surface area contributed by atoms with E-state index in [0.717, 1.165) is 0 Å². The van der Waals surface area contributed by atoms with Gasteiger partial charge in [0.15, 0.2) is 0 Å². The standard InChI is InChI=1S/C11H10Cl2FNO/c12-8-4-11(16)15(6-8)5-7-3-9(14)1-2-10(7)13/h1-3,8H,4-6H2. The minimum absolute atomic E-state index is 0.0136. The van der Waals surface area contributed by atoms with E-state index in [2.05, 4.69) is 0 Å². The number of likely N-dealkylation sites (tertiary alicyclic amines) is 1. The Morgan fingerprint density at radius 2 is 2.25 bits per heavy atom. The molecular weight excluding hydrogens is 252 g/mol. The molecule has 0 saturated carbocycles. The molecule has 0 spiro atoms. The summed E-state index contributed by atoms with van der Waals surface area (Å²) in [4.78, 5) is 13.1. The predicted octanol–water partition coefficient (Wildman–Crippen LogP) is 2.82. The summed E-state index contributed by atoms with van der Waals surface area (Å²) >= 11 is 11.8. The van der Waals surface area contributed by atoms with Crippen molar-refractivity contribution in [2.24, 2.45) is 0 Å². The third-order valence-electron chi connectivity index (χ3n) is 2.54. The summed E-state index contributed by atoms with van der Waals surface area (Å²) in [5.74, 6) is -0.367. The SMILES string of the molecule is O=C1CC(Cl)CN1Cc1cc(F)ccc1Cl. The number of hydrogen-bond acceptors (Lipinski definition) is 1. The summed E-state index contributed by atoms with van der Waals surface area (Å²) < 4.78 is 13.0. The smallest absolute Gasteiger partial charge is 0.224 e. The zero-order chi connectivity index (χ0) is 11.7. The summed E-state index contributed by atoms with van der Waals surface area (Å²) in [5.41, 5.74) is 0.612. The van der Waals surface area contributed by atoms with Crippen molar-refractivity contribution in [1.29, 1.82) is 0 Å². The lowest BCUT2D eigenvalue weighted by atomic mass is 10.2. The van der Waals surface area contributed by atoms with Crippen molar-refractivity contribution in [2.75, 3.05) is 6.54 Å². The Labute approximate surface area is 103 Å². The summed E-state index contributed by atoms with van der Waals surface area (Å²) in [5, 5.41) is 0.312. The van der Waals surface area contributed by atoms with Gasteiger partial charge in [-0.05, 0) is 23.8 Å². The molecule has 0 N–H and O–H groups in total. The van der Waals surface area contributed by atoms with Crippen LogP contribution in [0.2, 0.25) is 5.02 Å². The summed E-state index contributed by atoms with van der Waals surface area (Å²) in [7, 11) is 0. The summed E-state index contributed by atoms with van der Waals surface area (Å²) in [6, 6.07) is 4.13. The van der Waals surface area contributed by atoms with Crippen LogP contribution in [-0.2, 0) is 11.3 Å². The van der Waals surface area contributed by atoms with Gasteiger partial charge in [0.1, 0.15) is 5.82 Å². The molecule has 1 fully saturated rings. The van der Waals surface area contributed by atoms with Crippen molar-refractivity contribution in [1.82, 2.24) is 4.90 Å². The lowest BCUT2D eigenvalue weighted by molar-refractivity contribution is -0.128. The van der Waals surface area contributed by atoms with Crippen LogP contribution in [0.1, 0.15) is 12.0 Å². The number of carbonyl (C=O) groups excluding carboxylic acids is 1. The number of rotatable bonds is 2. The van der Waals surface area contributed by atoms with E-state index >= 15 is 0 Å². The fraction of sp³-hybridized carbons (Fsp3) is 0.364. The van der Waals surface area contributed by atoms with Crippen LogP contribution in [0, 0.1) is 5.82 Å². The molecule has 2 rings (SSSR count). The Kier molecular flexibility index (Phi) is 3.36. The van der Waals surface area contributed by atoms with E-state index in [1.807, 2.05) is 0 Å². The van der Waals surface area contributed by atoms with Crippen molar-refractivity contribution in [3.8, 4) is 0 Å². The van der Waals surface area contributed by atoms with Gasteiger partial charge in [0.05, 0.1) is 5.38 Å². The van der Waals surface area contributed by atoms with Crippen LogP contribution in [0.15, 0.2) is 18.2 Å². The number of benzene rings is 1. The number of carbonyl (C=O) groups is 1. The van der Waals surface area contributed by atoms with Crippen molar-refractivity contribution in [3.63, 3.8) is 0 Å². The van der Waals surface area contributed by atoms with Crippen molar-refractivity contribution in [2.45, 2.75) is 18.3 Å². The molecule has 1 saturated heterocycles. The first-order valence-corrected chi connectivity index (χ1v) is 5.73. The predicted molar refractivity (Wildman–Crippen MR) is 61.1 cm³/mol. The molecule has 5 heteroatoms. The van der Waals surface area contributed by atoms with Gasteiger partial charge in [0.25, 0.3) is 0 Å². The molecule has 1 aromatic carbocycles. The maximum atomic E-state index is 13.0. The van der Waals surface area contributed by atoms with E-state index in [-0.39, 0.29) is 17.1 Å². The van der Waals surface area contributed by atoms with Crippen LogP contribution in [0.3, 0.4) is 0 Å². The number of nitrogens with zero attached hydrogens (tertiary/aromatic N) is 1. The van der Waals surface area contributed by atoms with Crippen LogP contribution in [0.25, 0.3) is 0 Å². The van der Waals surface area contributed by atoms with E-state index in [9.17, 15) is 9.18 Å².